The summed E-state index contributed by atoms with van der Waals surface area (Å²) in [7, 11) is 0. The van der Waals surface area contributed by atoms with Crippen LogP contribution in [-0.2, 0) is 13.0 Å². The minimum atomic E-state index is -0.231. The number of benzene rings is 1. The molecule has 3 rings (SSSR count). The molecule has 0 atom stereocenters. The maximum atomic E-state index is 11.9. The number of hydrogen-bond acceptors (Lipinski definition) is 3. The Balaban J connectivity index is 1.81. The average Bonchev–Trinajstić information content (AvgIpc) is 3.13. The maximum absolute atomic E-state index is 11.9. The van der Waals surface area contributed by atoms with Crippen molar-refractivity contribution in [2.45, 2.75) is 32.7 Å². The summed E-state index contributed by atoms with van der Waals surface area (Å²) in [6, 6.07) is 14.3. The molecule has 0 saturated heterocycles. The summed E-state index contributed by atoms with van der Waals surface area (Å²) in [6.45, 7) is 2.61. The molecule has 120 valence electrons. The fraction of sp³-hybridized carbons (Fsp3) is 0.278. The van der Waals surface area contributed by atoms with Crippen molar-refractivity contribution in [2.75, 3.05) is 0 Å². The van der Waals surface area contributed by atoms with Gasteiger partial charge in [0, 0.05) is 22.7 Å². The summed E-state index contributed by atoms with van der Waals surface area (Å²) in [6.07, 6.45) is 2.40. The fourth-order valence-corrected chi connectivity index (χ4v) is 3.59. The molecule has 3 aromatic rings. The molecule has 2 N–H and O–H groups in total. The second kappa shape index (κ2) is 6.87. The van der Waals surface area contributed by atoms with E-state index in [1.807, 2.05) is 24.3 Å². The van der Waals surface area contributed by atoms with E-state index in [1.54, 1.807) is 11.3 Å². The Bertz CT molecular complexity index is 830. The number of nitrogens with one attached hydrogen (secondary N) is 1. The Morgan fingerprint density at radius 1 is 1.17 bits per heavy atom. The van der Waals surface area contributed by atoms with Gasteiger partial charge >= 0.3 is 5.69 Å². The first-order valence-electron chi connectivity index (χ1n) is 7.84. The monoisotopic (exact) mass is 328 g/mol. The van der Waals surface area contributed by atoms with Crippen LogP contribution in [0.15, 0.2) is 47.3 Å². The highest BCUT2D eigenvalue weighted by Crippen LogP contribution is 2.30. The zero-order valence-corrected chi connectivity index (χ0v) is 13.9. The van der Waals surface area contributed by atoms with Gasteiger partial charge in [-0.1, -0.05) is 43.7 Å². The largest absolute Gasteiger partial charge is 0.493 e. The quantitative estimate of drug-likeness (QED) is 0.718. The molecule has 0 unspecified atom stereocenters. The molecule has 0 radical (unpaired) electrons. The molecule has 0 fully saturated rings. The van der Waals surface area contributed by atoms with Gasteiger partial charge in [0.05, 0.1) is 5.69 Å². The molecule has 0 amide bonds. The lowest BCUT2D eigenvalue weighted by atomic mass is 10.2. The summed E-state index contributed by atoms with van der Waals surface area (Å²) < 4.78 is 1.42. The number of aromatic amines is 1. The Morgan fingerprint density at radius 2 is 1.96 bits per heavy atom. The summed E-state index contributed by atoms with van der Waals surface area (Å²) >= 11 is 1.68. The summed E-state index contributed by atoms with van der Waals surface area (Å²) in [4.78, 5) is 17.0. The molecule has 0 aliphatic heterocycles. The second-order valence-corrected chi connectivity index (χ2v) is 6.71. The number of imidazole rings is 1. The van der Waals surface area contributed by atoms with Gasteiger partial charge in [-0.05, 0) is 24.1 Å². The van der Waals surface area contributed by atoms with E-state index >= 15 is 0 Å². The van der Waals surface area contributed by atoms with Gasteiger partial charge in [-0.2, -0.15) is 0 Å². The Labute approximate surface area is 139 Å². The molecule has 4 nitrogen and oxygen atoms in total. The third-order valence-corrected chi connectivity index (χ3v) is 4.97. The van der Waals surface area contributed by atoms with E-state index in [4.69, 9.17) is 0 Å². The number of H-pyrrole nitrogens is 1. The van der Waals surface area contributed by atoms with Crippen LogP contribution in [0.2, 0.25) is 0 Å². The molecular formula is C18H20N2O2S. The lowest BCUT2D eigenvalue weighted by molar-refractivity contribution is 0.404. The van der Waals surface area contributed by atoms with Crippen molar-refractivity contribution in [1.82, 2.24) is 9.55 Å². The topological polar surface area (TPSA) is 58.0 Å². The Kier molecular flexibility index (Phi) is 4.67. The number of aromatic nitrogens is 2. The maximum Gasteiger partial charge on any atom is 0.328 e. The highest BCUT2D eigenvalue weighted by Gasteiger charge is 2.14. The van der Waals surface area contributed by atoms with Crippen molar-refractivity contribution in [2.24, 2.45) is 0 Å². The van der Waals surface area contributed by atoms with E-state index in [0.29, 0.717) is 18.7 Å². The molecule has 0 aliphatic carbocycles. The van der Waals surface area contributed by atoms with Gasteiger partial charge in [-0.15, -0.1) is 11.3 Å². The van der Waals surface area contributed by atoms with Crippen LogP contribution < -0.4 is 5.69 Å². The van der Waals surface area contributed by atoms with Gasteiger partial charge in [0.15, 0.2) is 0 Å². The lowest BCUT2D eigenvalue weighted by Gasteiger charge is -2.02. The van der Waals surface area contributed by atoms with Crippen molar-refractivity contribution in [3.05, 3.63) is 63.5 Å². The van der Waals surface area contributed by atoms with Crippen molar-refractivity contribution < 1.29 is 5.11 Å². The fourth-order valence-electron chi connectivity index (χ4n) is 2.56. The van der Waals surface area contributed by atoms with Crippen LogP contribution in [0.5, 0.6) is 5.88 Å². The molecular weight excluding hydrogens is 308 g/mol. The first-order chi connectivity index (χ1) is 11.2. The molecule has 5 heteroatoms. The zero-order valence-electron chi connectivity index (χ0n) is 13.1. The first-order valence-corrected chi connectivity index (χ1v) is 8.65. The second-order valence-electron chi connectivity index (χ2n) is 5.55. The summed E-state index contributed by atoms with van der Waals surface area (Å²) in [5.74, 6) is 0.0677. The number of rotatable bonds is 6. The smallest absolute Gasteiger partial charge is 0.328 e. The molecule has 0 spiro atoms. The van der Waals surface area contributed by atoms with Crippen molar-refractivity contribution in [3.8, 4) is 16.3 Å². The van der Waals surface area contributed by atoms with E-state index in [2.05, 4.69) is 30.1 Å². The van der Waals surface area contributed by atoms with E-state index in [1.165, 1.54) is 15.0 Å². The van der Waals surface area contributed by atoms with Crippen LogP contribution in [0, 0.1) is 0 Å². The van der Waals surface area contributed by atoms with E-state index in [-0.39, 0.29) is 11.6 Å². The number of hydrogen-bond donors (Lipinski definition) is 2. The first kappa shape index (κ1) is 15.6. The molecule has 0 saturated carbocycles. The number of aromatic hydroxyl groups is 1. The number of thiophene rings is 1. The van der Waals surface area contributed by atoms with E-state index < -0.39 is 0 Å². The standard InChI is InChI=1S/C18H20N2O2S/c1-2-3-11-20-17(21)15(19-18(20)22)12-14-9-10-16(23-14)13-7-5-4-6-8-13/h4-10,21H,2-3,11-12H2,1H3,(H,19,22). The molecule has 2 aromatic heterocycles. The van der Waals surface area contributed by atoms with Crippen LogP contribution in [-0.4, -0.2) is 14.7 Å². The molecule has 0 aliphatic rings. The Morgan fingerprint density at radius 3 is 2.70 bits per heavy atom. The molecule has 2 heterocycles. The van der Waals surface area contributed by atoms with Gasteiger partial charge in [-0.25, -0.2) is 4.79 Å². The molecule has 1 aromatic carbocycles. The lowest BCUT2D eigenvalue weighted by Crippen LogP contribution is -2.16. The van der Waals surface area contributed by atoms with Crippen molar-refractivity contribution in [1.29, 1.82) is 0 Å². The summed E-state index contributed by atoms with van der Waals surface area (Å²) in [5.41, 5.74) is 1.54. The van der Waals surface area contributed by atoms with Crippen molar-refractivity contribution >= 4 is 11.3 Å². The highest BCUT2D eigenvalue weighted by atomic mass is 32.1. The zero-order chi connectivity index (χ0) is 16.2. The normalized spacial score (nSPS) is 11.0. The molecule has 23 heavy (non-hydrogen) atoms. The minimum Gasteiger partial charge on any atom is -0.493 e. The highest BCUT2D eigenvalue weighted by molar-refractivity contribution is 7.15. The van der Waals surface area contributed by atoms with Gasteiger partial charge < -0.3 is 10.1 Å². The average molecular weight is 328 g/mol. The van der Waals surface area contributed by atoms with Crippen LogP contribution in [0.1, 0.15) is 30.3 Å². The predicted octanol–water partition coefficient (Wildman–Crippen LogP) is 4.00. The van der Waals surface area contributed by atoms with Crippen LogP contribution >= 0.6 is 11.3 Å². The number of nitrogens with zero attached hydrogens (tertiary/aromatic N) is 1. The summed E-state index contributed by atoms with van der Waals surface area (Å²) in [5, 5.41) is 10.3. The third-order valence-electron chi connectivity index (χ3n) is 3.83. The number of unbranched alkanes of at least 4 members (excludes halogenated alkanes) is 1. The van der Waals surface area contributed by atoms with Gasteiger partial charge in [-0.3, -0.25) is 4.57 Å². The predicted molar refractivity (Wildman–Crippen MR) is 94.2 cm³/mol. The van der Waals surface area contributed by atoms with E-state index in [0.717, 1.165) is 17.7 Å². The minimum absolute atomic E-state index is 0.0677. The van der Waals surface area contributed by atoms with Gasteiger partial charge in [0.2, 0.25) is 5.88 Å². The Hall–Kier alpha value is -2.27. The van der Waals surface area contributed by atoms with Crippen LogP contribution in [0.25, 0.3) is 10.4 Å². The van der Waals surface area contributed by atoms with E-state index in [9.17, 15) is 9.90 Å². The van der Waals surface area contributed by atoms with Crippen molar-refractivity contribution in [3.63, 3.8) is 0 Å². The SMILES string of the molecule is CCCCn1c(O)c(Cc2ccc(-c3ccccc3)s2)[nH]c1=O. The van der Waals surface area contributed by atoms with Crippen LogP contribution in [0.4, 0.5) is 0 Å². The third kappa shape index (κ3) is 3.40. The molecule has 0 bridgehead atoms. The van der Waals surface area contributed by atoms with Crippen LogP contribution in [0.3, 0.4) is 0 Å². The van der Waals surface area contributed by atoms with Gasteiger partial charge in [0.1, 0.15) is 0 Å². The van der Waals surface area contributed by atoms with Gasteiger partial charge in [0.25, 0.3) is 0 Å².